The number of aromatic nitrogens is 1. The molecular formula is C8H10N2O2. The Kier molecular flexibility index (Phi) is 2.76. The van der Waals surface area contributed by atoms with Crippen LogP contribution in [0.2, 0.25) is 0 Å². The van der Waals surface area contributed by atoms with Crippen LogP contribution in [0.3, 0.4) is 0 Å². The number of carbonyl (C=O) groups is 1. The zero-order valence-electron chi connectivity index (χ0n) is 6.78. The highest BCUT2D eigenvalue weighted by Crippen LogP contribution is 2.04. The normalized spacial score (nSPS) is 9.50. The molecule has 0 saturated carbocycles. The van der Waals surface area contributed by atoms with E-state index in [0.29, 0.717) is 11.3 Å². The average Bonchev–Trinajstić information content (AvgIpc) is 2.16. The van der Waals surface area contributed by atoms with Crippen LogP contribution in [0.15, 0.2) is 18.3 Å². The lowest BCUT2D eigenvalue weighted by atomic mass is 10.2. The molecule has 1 rings (SSSR count). The van der Waals surface area contributed by atoms with Crippen LogP contribution in [-0.2, 0) is 11.3 Å². The Labute approximate surface area is 70.4 Å². The molecule has 12 heavy (non-hydrogen) atoms. The lowest BCUT2D eigenvalue weighted by Gasteiger charge is -2.02. The van der Waals surface area contributed by atoms with Crippen LogP contribution in [0.1, 0.15) is 16.1 Å². The topological polar surface area (TPSA) is 65.2 Å². The first kappa shape index (κ1) is 8.67. The van der Waals surface area contributed by atoms with Gasteiger partial charge in [0.2, 0.25) is 0 Å². The lowest BCUT2D eigenvalue weighted by Crippen LogP contribution is -2.10. The summed E-state index contributed by atoms with van der Waals surface area (Å²) in [5.74, 6) is -0.448. The molecule has 4 heteroatoms. The molecule has 0 fully saturated rings. The second-order valence-corrected chi connectivity index (χ2v) is 2.21. The summed E-state index contributed by atoms with van der Waals surface area (Å²) in [5.41, 5.74) is 6.39. The molecule has 1 aromatic heterocycles. The van der Waals surface area contributed by atoms with Gasteiger partial charge in [-0.2, -0.15) is 0 Å². The zero-order chi connectivity index (χ0) is 8.97. The molecule has 0 aromatic carbocycles. The summed E-state index contributed by atoms with van der Waals surface area (Å²) in [6, 6.07) is 3.48. The second-order valence-electron chi connectivity index (χ2n) is 2.21. The number of methoxy groups -OCH3 is 1. The third-order valence-corrected chi connectivity index (χ3v) is 1.49. The quantitative estimate of drug-likeness (QED) is 0.643. The van der Waals surface area contributed by atoms with Crippen molar-refractivity contribution in [3.8, 4) is 0 Å². The van der Waals surface area contributed by atoms with Crippen LogP contribution in [0.25, 0.3) is 0 Å². The molecule has 64 valence electrons. The predicted octanol–water partition coefficient (Wildman–Crippen LogP) is 0.327. The first-order chi connectivity index (χ1) is 5.79. The summed E-state index contributed by atoms with van der Waals surface area (Å²) in [5, 5.41) is 0. The highest BCUT2D eigenvalue weighted by molar-refractivity contribution is 5.88. The van der Waals surface area contributed by atoms with E-state index < -0.39 is 5.97 Å². The lowest BCUT2D eigenvalue weighted by molar-refractivity contribution is 0.0592. The first-order valence-corrected chi connectivity index (χ1v) is 3.52. The number of hydrogen-bond acceptors (Lipinski definition) is 4. The number of ether oxygens (including phenoxy) is 1. The fourth-order valence-corrected chi connectivity index (χ4v) is 0.884. The van der Waals surface area contributed by atoms with Gasteiger partial charge in [-0.25, -0.2) is 9.78 Å². The highest BCUT2D eigenvalue weighted by Gasteiger charge is 2.10. The van der Waals surface area contributed by atoms with Crippen molar-refractivity contribution in [3.63, 3.8) is 0 Å². The van der Waals surface area contributed by atoms with E-state index in [4.69, 9.17) is 5.73 Å². The minimum atomic E-state index is -0.448. The summed E-state index contributed by atoms with van der Waals surface area (Å²) in [4.78, 5) is 14.9. The molecule has 0 bridgehead atoms. The molecule has 0 aliphatic carbocycles. The van der Waals surface area contributed by atoms with Crippen LogP contribution in [0.5, 0.6) is 0 Å². The molecule has 0 saturated heterocycles. The summed E-state index contributed by atoms with van der Waals surface area (Å²) >= 11 is 0. The maximum Gasteiger partial charge on any atom is 0.356 e. The third-order valence-electron chi connectivity index (χ3n) is 1.49. The summed E-state index contributed by atoms with van der Waals surface area (Å²) in [6.07, 6.45) is 1.53. The van der Waals surface area contributed by atoms with Gasteiger partial charge in [-0.1, -0.05) is 6.07 Å². The molecule has 2 N–H and O–H groups in total. The minimum Gasteiger partial charge on any atom is -0.464 e. The monoisotopic (exact) mass is 166 g/mol. The second kappa shape index (κ2) is 3.82. The third kappa shape index (κ3) is 1.60. The van der Waals surface area contributed by atoms with E-state index in [1.807, 2.05) is 0 Å². The number of esters is 1. The van der Waals surface area contributed by atoms with E-state index >= 15 is 0 Å². The molecule has 1 heterocycles. The molecule has 0 aliphatic heterocycles. The summed E-state index contributed by atoms with van der Waals surface area (Å²) < 4.78 is 4.52. The Balaban J connectivity index is 3.04. The van der Waals surface area contributed by atoms with Gasteiger partial charge in [0.1, 0.15) is 0 Å². The molecule has 0 atom stereocenters. The predicted molar refractivity (Wildman–Crippen MR) is 43.5 cm³/mol. The van der Waals surface area contributed by atoms with Gasteiger partial charge in [0.15, 0.2) is 5.69 Å². The molecular weight excluding hydrogens is 156 g/mol. The van der Waals surface area contributed by atoms with E-state index in [9.17, 15) is 4.79 Å². The fraction of sp³-hybridized carbons (Fsp3) is 0.250. The van der Waals surface area contributed by atoms with Gasteiger partial charge in [0.25, 0.3) is 0 Å². The number of hydrogen-bond donors (Lipinski definition) is 1. The Hall–Kier alpha value is -1.42. The Morgan fingerprint density at radius 2 is 2.50 bits per heavy atom. The van der Waals surface area contributed by atoms with Crippen molar-refractivity contribution in [3.05, 3.63) is 29.6 Å². The molecule has 0 unspecified atom stereocenters. The molecule has 4 nitrogen and oxygen atoms in total. The molecule has 0 aliphatic rings. The zero-order valence-corrected chi connectivity index (χ0v) is 6.78. The number of rotatable bonds is 2. The van der Waals surface area contributed by atoms with Crippen LogP contribution in [0, 0.1) is 0 Å². The molecule has 1 aromatic rings. The van der Waals surface area contributed by atoms with Crippen molar-refractivity contribution in [2.45, 2.75) is 6.54 Å². The number of nitrogens with two attached hydrogens (primary N) is 1. The maximum absolute atomic E-state index is 11.1. The Morgan fingerprint density at radius 1 is 1.75 bits per heavy atom. The van der Waals surface area contributed by atoms with E-state index in [0.717, 1.165) is 0 Å². The van der Waals surface area contributed by atoms with Gasteiger partial charge in [0, 0.05) is 12.7 Å². The highest BCUT2D eigenvalue weighted by atomic mass is 16.5. The first-order valence-electron chi connectivity index (χ1n) is 3.52. The molecule has 0 amide bonds. The van der Waals surface area contributed by atoms with Crippen molar-refractivity contribution in [1.29, 1.82) is 0 Å². The largest absolute Gasteiger partial charge is 0.464 e. The SMILES string of the molecule is COC(=O)c1ncccc1CN. The number of pyridine rings is 1. The molecule has 0 spiro atoms. The van der Waals surface area contributed by atoms with Crippen LogP contribution in [0.4, 0.5) is 0 Å². The van der Waals surface area contributed by atoms with Gasteiger partial charge in [-0.05, 0) is 11.6 Å². The van der Waals surface area contributed by atoms with E-state index in [1.165, 1.54) is 13.3 Å². The van der Waals surface area contributed by atoms with Crippen molar-refractivity contribution in [2.24, 2.45) is 5.73 Å². The van der Waals surface area contributed by atoms with Gasteiger partial charge in [0.05, 0.1) is 7.11 Å². The Morgan fingerprint density at radius 3 is 3.08 bits per heavy atom. The number of carbonyl (C=O) groups excluding carboxylic acids is 1. The van der Waals surface area contributed by atoms with Crippen molar-refractivity contribution in [1.82, 2.24) is 4.98 Å². The van der Waals surface area contributed by atoms with Crippen LogP contribution in [-0.4, -0.2) is 18.1 Å². The van der Waals surface area contributed by atoms with Crippen molar-refractivity contribution < 1.29 is 9.53 Å². The summed E-state index contributed by atoms with van der Waals surface area (Å²) in [7, 11) is 1.32. The Bertz CT molecular complexity index is 286. The van der Waals surface area contributed by atoms with Crippen LogP contribution < -0.4 is 5.73 Å². The minimum absolute atomic E-state index is 0.290. The fourth-order valence-electron chi connectivity index (χ4n) is 0.884. The van der Waals surface area contributed by atoms with Gasteiger partial charge < -0.3 is 10.5 Å². The molecule has 0 radical (unpaired) electrons. The average molecular weight is 166 g/mol. The van der Waals surface area contributed by atoms with Crippen molar-refractivity contribution in [2.75, 3.05) is 7.11 Å². The van der Waals surface area contributed by atoms with Gasteiger partial charge in [-0.15, -0.1) is 0 Å². The maximum atomic E-state index is 11.1. The number of nitrogens with zero attached hydrogens (tertiary/aromatic N) is 1. The van der Waals surface area contributed by atoms with Crippen molar-refractivity contribution >= 4 is 5.97 Å². The van der Waals surface area contributed by atoms with Gasteiger partial charge in [-0.3, -0.25) is 0 Å². The smallest absolute Gasteiger partial charge is 0.356 e. The van der Waals surface area contributed by atoms with E-state index in [2.05, 4.69) is 9.72 Å². The summed E-state index contributed by atoms with van der Waals surface area (Å²) in [6.45, 7) is 0.290. The van der Waals surface area contributed by atoms with Crippen LogP contribution >= 0.6 is 0 Å². The standard InChI is InChI=1S/C8H10N2O2/c1-12-8(11)7-6(5-9)3-2-4-10-7/h2-4H,5,9H2,1H3. The van der Waals surface area contributed by atoms with E-state index in [-0.39, 0.29) is 6.54 Å². The van der Waals surface area contributed by atoms with Gasteiger partial charge >= 0.3 is 5.97 Å². The van der Waals surface area contributed by atoms with E-state index in [1.54, 1.807) is 12.1 Å².